The zero-order valence-electron chi connectivity index (χ0n) is 14.5. The first kappa shape index (κ1) is 18.9. The Morgan fingerprint density at radius 3 is 2.69 bits per heavy atom. The van der Waals surface area contributed by atoms with Gasteiger partial charge in [-0.3, -0.25) is 4.79 Å². The number of Topliss-reactive ketones (excluding diaryl/α,β-unsaturated/α-hetero) is 1. The molecule has 7 heteroatoms. The zero-order valence-corrected chi connectivity index (χ0v) is 16.8. The number of carbonyl (C=O) groups excluding carboxylic acids is 2. The normalized spacial score (nSPS) is 10.9. The van der Waals surface area contributed by atoms with E-state index in [0.717, 1.165) is 35.7 Å². The van der Waals surface area contributed by atoms with Crippen molar-refractivity contribution >= 4 is 46.0 Å². The number of aromatic nitrogens is 1. The molecule has 0 aliphatic rings. The van der Waals surface area contributed by atoms with E-state index in [1.165, 1.54) is 4.88 Å². The van der Waals surface area contributed by atoms with Crippen molar-refractivity contribution < 1.29 is 14.3 Å². The summed E-state index contributed by atoms with van der Waals surface area (Å²) in [5.74, 6) is -0.724. The summed E-state index contributed by atoms with van der Waals surface area (Å²) >= 11 is 8.68. The third-order valence-electron chi connectivity index (χ3n) is 4.14. The highest BCUT2D eigenvalue weighted by Gasteiger charge is 2.18. The van der Waals surface area contributed by atoms with Crippen LogP contribution in [0.25, 0.3) is 0 Å². The summed E-state index contributed by atoms with van der Waals surface area (Å²) in [6.07, 6.45) is 0.926. The van der Waals surface area contributed by atoms with Crippen LogP contribution in [0.15, 0.2) is 35.7 Å². The highest BCUT2D eigenvalue weighted by molar-refractivity contribution is 7.17. The van der Waals surface area contributed by atoms with Gasteiger partial charge in [-0.2, -0.15) is 0 Å². The summed E-state index contributed by atoms with van der Waals surface area (Å²) in [6, 6.07) is 9.24. The van der Waals surface area contributed by atoms with Crippen LogP contribution in [0, 0.1) is 13.8 Å². The Morgan fingerprint density at radius 1 is 1.23 bits per heavy atom. The molecular formula is C19H18ClNO3S2. The summed E-state index contributed by atoms with van der Waals surface area (Å²) < 4.78 is 7.78. The predicted octanol–water partition coefficient (Wildman–Crippen LogP) is 5.16. The Labute approximate surface area is 165 Å². The van der Waals surface area contributed by atoms with Gasteiger partial charge >= 0.3 is 5.97 Å². The standard InChI is InChI=1S/C19H18ClNO3S2/c1-12-10-15(13(2)21(12)8-7-14-4-3-9-25-14)16(22)11-24-19(23)17-5-6-18(20)26-17/h3-6,9-10H,7-8,11H2,1-2H3. The van der Waals surface area contributed by atoms with E-state index in [1.54, 1.807) is 23.5 Å². The van der Waals surface area contributed by atoms with E-state index in [4.69, 9.17) is 16.3 Å². The van der Waals surface area contributed by atoms with Gasteiger partial charge in [-0.15, -0.1) is 22.7 Å². The number of thiophene rings is 2. The summed E-state index contributed by atoms with van der Waals surface area (Å²) in [7, 11) is 0. The molecule has 26 heavy (non-hydrogen) atoms. The van der Waals surface area contributed by atoms with E-state index in [2.05, 4.69) is 16.0 Å². The van der Waals surface area contributed by atoms with E-state index in [0.29, 0.717) is 14.8 Å². The van der Waals surface area contributed by atoms with Crippen molar-refractivity contribution in [3.05, 3.63) is 66.8 Å². The molecule has 0 fully saturated rings. The van der Waals surface area contributed by atoms with Crippen molar-refractivity contribution in [2.45, 2.75) is 26.8 Å². The van der Waals surface area contributed by atoms with Crippen LogP contribution in [0.4, 0.5) is 0 Å². The topological polar surface area (TPSA) is 48.3 Å². The van der Waals surface area contributed by atoms with Crippen molar-refractivity contribution in [2.75, 3.05) is 6.61 Å². The summed E-state index contributed by atoms with van der Waals surface area (Å²) in [4.78, 5) is 26.2. The van der Waals surface area contributed by atoms with Crippen LogP contribution in [-0.2, 0) is 17.7 Å². The monoisotopic (exact) mass is 407 g/mol. The molecule has 0 saturated carbocycles. The van der Waals surface area contributed by atoms with Gasteiger partial charge < -0.3 is 9.30 Å². The average Bonchev–Trinajstić information content (AvgIpc) is 3.33. The zero-order chi connectivity index (χ0) is 18.7. The van der Waals surface area contributed by atoms with E-state index in [1.807, 2.05) is 26.0 Å². The van der Waals surface area contributed by atoms with Gasteiger partial charge in [0.15, 0.2) is 6.61 Å². The van der Waals surface area contributed by atoms with Crippen LogP contribution in [-0.4, -0.2) is 22.9 Å². The minimum absolute atomic E-state index is 0.198. The number of aryl methyl sites for hydroxylation is 2. The maximum absolute atomic E-state index is 12.5. The minimum atomic E-state index is -0.526. The first-order valence-corrected chi connectivity index (χ1v) is 10.2. The first-order valence-electron chi connectivity index (χ1n) is 8.10. The minimum Gasteiger partial charge on any atom is -0.453 e. The molecule has 3 rings (SSSR count). The number of rotatable bonds is 7. The van der Waals surface area contributed by atoms with Crippen LogP contribution >= 0.6 is 34.3 Å². The number of carbonyl (C=O) groups is 2. The SMILES string of the molecule is Cc1cc(C(=O)COC(=O)c2ccc(Cl)s2)c(C)n1CCc1cccs1. The molecule has 3 aromatic heterocycles. The second kappa shape index (κ2) is 8.20. The molecule has 0 amide bonds. The molecule has 136 valence electrons. The van der Waals surface area contributed by atoms with Crippen LogP contribution in [0.3, 0.4) is 0 Å². The number of hydrogen-bond donors (Lipinski definition) is 0. The number of esters is 1. The molecule has 0 radical (unpaired) electrons. The molecule has 0 saturated heterocycles. The van der Waals surface area contributed by atoms with Gasteiger partial charge in [0.2, 0.25) is 5.78 Å². The van der Waals surface area contributed by atoms with Gasteiger partial charge in [0.1, 0.15) is 4.88 Å². The molecule has 0 aliphatic carbocycles. The number of nitrogens with zero attached hydrogens (tertiary/aromatic N) is 1. The third kappa shape index (κ3) is 4.26. The molecule has 4 nitrogen and oxygen atoms in total. The van der Waals surface area contributed by atoms with Crippen molar-refractivity contribution in [2.24, 2.45) is 0 Å². The van der Waals surface area contributed by atoms with Gasteiger partial charge in [-0.25, -0.2) is 4.79 Å². The van der Waals surface area contributed by atoms with Crippen LogP contribution in [0.2, 0.25) is 4.34 Å². The lowest BCUT2D eigenvalue weighted by Crippen LogP contribution is -2.14. The summed E-state index contributed by atoms with van der Waals surface area (Å²) in [6.45, 7) is 4.45. The lowest BCUT2D eigenvalue weighted by molar-refractivity contribution is 0.0479. The van der Waals surface area contributed by atoms with Gasteiger partial charge in [-0.05, 0) is 49.9 Å². The molecule has 0 aromatic carbocycles. The fourth-order valence-electron chi connectivity index (χ4n) is 2.81. The lowest BCUT2D eigenvalue weighted by atomic mass is 10.1. The quantitative estimate of drug-likeness (QED) is 0.401. The first-order chi connectivity index (χ1) is 12.5. The highest BCUT2D eigenvalue weighted by atomic mass is 35.5. The molecule has 0 spiro atoms. The number of ether oxygens (including phenoxy) is 1. The van der Waals surface area contributed by atoms with E-state index >= 15 is 0 Å². The molecule has 0 unspecified atom stereocenters. The van der Waals surface area contributed by atoms with Gasteiger partial charge in [0, 0.05) is 28.4 Å². The summed E-state index contributed by atoms with van der Waals surface area (Å²) in [5.41, 5.74) is 2.53. The molecule has 3 aromatic rings. The lowest BCUT2D eigenvalue weighted by Gasteiger charge is -2.09. The number of halogens is 1. The van der Waals surface area contributed by atoms with E-state index < -0.39 is 5.97 Å². The molecular weight excluding hydrogens is 390 g/mol. The highest BCUT2D eigenvalue weighted by Crippen LogP contribution is 2.22. The maximum Gasteiger partial charge on any atom is 0.348 e. The summed E-state index contributed by atoms with van der Waals surface area (Å²) in [5, 5.41) is 2.06. The maximum atomic E-state index is 12.5. The Bertz CT molecular complexity index is 925. The number of ketones is 1. The van der Waals surface area contributed by atoms with E-state index in [-0.39, 0.29) is 12.4 Å². The molecule has 0 aliphatic heterocycles. The smallest absolute Gasteiger partial charge is 0.348 e. The van der Waals surface area contributed by atoms with Gasteiger partial charge in [-0.1, -0.05) is 17.7 Å². The second-order valence-corrected chi connectivity index (χ2v) is 8.62. The molecule has 3 heterocycles. The third-order valence-corrected chi connectivity index (χ3v) is 6.29. The Balaban J connectivity index is 1.64. The van der Waals surface area contributed by atoms with Crippen LogP contribution < -0.4 is 0 Å². The predicted molar refractivity (Wildman–Crippen MR) is 106 cm³/mol. The van der Waals surface area contributed by atoms with Gasteiger partial charge in [0.25, 0.3) is 0 Å². The fraction of sp³-hybridized carbons (Fsp3) is 0.263. The second-order valence-electron chi connectivity index (χ2n) is 5.87. The Hall–Kier alpha value is -1.89. The number of hydrogen-bond acceptors (Lipinski definition) is 5. The van der Waals surface area contributed by atoms with Crippen LogP contribution in [0.1, 0.15) is 36.3 Å². The largest absolute Gasteiger partial charge is 0.453 e. The van der Waals surface area contributed by atoms with Crippen molar-refractivity contribution in [1.29, 1.82) is 0 Å². The van der Waals surface area contributed by atoms with E-state index in [9.17, 15) is 9.59 Å². The fourth-order valence-corrected chi connectivity index (χ4v) is 4.44. The average molecular weight is 408 g/mol. The Morgan fingerprint density at radius 2 is 2.04 bits per heavy atom. The molecule has 0 atom stereocenters. The van der Waals surface area contributed by atoms with Gasteiger partial charge in [0.05, 0.1) is 4.34 Å². The van der Waals surface area contributed by atoms with Crippen molar-refractivity contribution in [3.63, 3.8) is 0 Å². The Kier molecular flexibility index (Phi) is 5.96. The van der Waals surface area contributed by atoms with Crippen molar-refractivity contribution in [1.82, 2.24) is 4.57 Å². The van der Waals surface area contributed by atoms with Crippen molar-refractivity contribution in [3.8, 4) is 0 Å². The van der Waals surface area contributed by atoms with Crippen LogP contribution in [0.5, 0.6) is 0 Å². The molecule has 0 bridgehead atoms. The molecule has 0 N–H and O–H groups in total.